The van der Waals surface area contributed by atoms with Crippen molar-refractivity contribution in [1.29, 1.82) is 0 Å². The van der Waals surface area contributed by atoms with Gasteiger partial charge in [-0.15, -0.1) is 12.4 Å². The highest BCUT2D eigenvalue weighted by Gasteiger charge is 2.40. The molecule has 28 heavy (non-hydrogen) atoms. The third-order valence-corrected chi connectivity index (χ3v) is 8.84. The molecule has 1 unspecified atom stereocenters. The maximum atomic E-state index is 12.3. The number of thiazole rings is 1. The Bertz CT molecular complexity index is 1020. The first kappa shape index (κ1) is 19.7. The van der Waals surface area contributed by atoms with Gasteiger partial charge in [0, 0.05) is 19.0 Å². The SMILES string of the molecule is Cl.O=c1[nH]c2ccccc2[s+]1CCCN1CCC2(CCc3ccccc32)CC1. The maximum Gasteiger partial charge on any atom is 0.455 e. The number of likely N-dealkylation sites (tertiary alicyclic amines) is 1. The number of hydrogen-bond acceptors (Lipinski definition) is 2. The molecule has 5 heteroatoms. The summed E-state index contributed by atoms with van der Waals surface area (Å²) < 4.78 is 1.21. The van der Waals surface area contributed by atoms with Crippen molar-refractivity contribution in [2.24, 2.45) is 0 Å². The minimum Gasteiger partial charge on any atom is -0.303 e. The summed E-state index contributed by atoms with van der Waals surface area (Å²) in [5, 5.41) is 0. The van der Waals surface area contributed by atoms with E-state index in [1.807, 2.05) is 18.2 Å². The smallest absolute Gasteiger partial charge is 0.303 e. The molecule has 1 aromatic heterocycles. The molecular weight excluding hydrogens is 388 g/mol. The molecule has 3 nitrogen and oxygen atoms in total. The third-order valence-electron chi connectivity index (χ3n) is 6.71. The van der Waals surface area contributed by atoms with Gasteiger partial charge in [0.15, 0.2) is 0 Å². The quantitative estimate of drug-likeness (QED) is 0.604. The Morgan fingerprint density at radius 2 is 1.75 bits per heavy atom. The Hall–Kier alpha value is -1.62. The van der Waals surface area contributed by atoms with E-state index >= 15 is 0 Å². The van der Waals surface area contributed by atoms with E-state index in [1.54, 1.807) is 11.1 Å². The van der Waals surface area contributed by atoms with Crippen molar-refractivity contribution in [3.63, 3.8) is 0 Å². The molecule has 2 heterocycles. The molecule has 1 N–H and O–H groups in total. The van der Waals surface area contributed by atoms with Crippen molar-refractivity contribution in [3.05, 3.63) is 69.3 Å². The maximum absolute atomic E-state index is 12.3. The highest BCUT2D eigenvalue weighted by Crippen LogP contribution is 2.46. The van der Waals surface area contributed by atoms with Crippen LogP contribution in [0.4, 0.5) is 0 Å². The first-order chi connectivity index (χ1) is 13.3. The summed E-state index contributed by atoms with van der Waals surface area (Å²) in [6.07, 6.45) is 6.28. The van der Waals surface area contributed by atoms with Crippen LogP contribution in [0.2, 0.25) is 0 Å². The van der Waals surface area contributed by atoms with Gasteiger partial charge in [0.1, 0.15) is 11.3 Å². The van der Waals surface area contributed by atoms with E-state index in [4.69, 9.17) is 0 Å². The zero-order valence-corrected chi connectivity index (χ0v) is 17.8. The third kappa shape index (κ3) is 3.42. The number of H-pyrrole nitrogens is 1. The zero-order valence-electron chi connectivity index (χ0n) is 16.2. The van der Waals surface area contributed by atoms with Crippen molar-refractivity contribution in [1.82, 2.24) is 9.88 Å². The summed E-state index contributed by atoms with van der Waals surface area (Å²) in [6, 6.07) is 17.3. The number of rotatable bonds is 4. The number of benzene rings is 2. The summed E-state index contributed by atoms with van der Waals surface area (Å²) >= 11 is 0. The van der Waals surface area contributed by atoms with Gasteiger partial charge < -0.3 is 4.90 Å². The molecule has 3 aromatic rings. The Balaban J connectivity index is 0.00000192. The molecule has 2 aliphatic rings. The van der Waals surface area contributed by atoms with E-state index in [1.165, 1.54) is 43.5 Å². The molecule has 0 radical (unpaired) electrons. The van der Waals surface area contributed by atoms with E-state index in [9.17, 15) is 4.79 Å². The molecule has 148 valence electrons. The van der Waals surface area contributed by atoms with E-state index in [0.29, 0.717) is 5.41 Å². The Kier molecular flexibility index (Phi) is 5.64. The zero-order chi connectivity index (χ0) is 18.3. The van der Waals surface area contributed by atoms with Gasteiger partial charge in [-0.05, 0) is 61.4 Å². The number of aromatic nitrogens is 1. The second kappa shape index (κ2) is 8.02. The van der Waals surface area contributed by atoms with E-state index in [0.717, 1.165) is 24.2 Å². The minimum atomic E-state index is -0.266. The number of aryl methyl sites for hydroxylation is 2. The number of para-hydroxylation sites is 1. The average molecular weight is 416 g/mol. The van der Waals surface area contributed by atoms with Gasteiger partial charge in [-0.1, -0.05) is 36.4 Å². The monoisotopic (exact) mass is 415 g/mol. The molecule has 1 atom stereocenters. The molecule has 2 aromatic carbocycles. The van der Waals surface area contributed by atoms with Crippen LogP contribution in [0.25, 0.3) is 10.2 Å². The molecule has 0 amide bonds. The van der Waals surface area contributed by atoms with Gasteiger partial charge in [0.05, 0.1) is 10.5 Å². The fourth-order valence-electron chi connectivity index (χ4n) is 5.18. The van der Waals surface area contributed by atoms with Crippen LogP contribution < -0.4 is 4.87 Å². The number of hydrogen-bond donors (Lipinski definition) is 1. The van der Waals surface area contributed by atoms with Gasteiger partial charge >= 0.3 is 4.87 Å². The Labute approximate surface area is 175 Å². The summed E-state index contributed by atoms with van der Waals surface area (Å²) in [5.41, 5.74) is 4.67. The van der Waals surface area contributed by atoms with E-state index in [2.05, 4.69) is 40.2 Å². The van der Waals surface area contributed by atoms with Gasteiger partial charge in [-0.3, -0.25) is 4.98 Å². The van der Waals surface area contributed by atoms with E-state index in [-0.39, 0.29) is 27.7 Å². The molecule has 1 saturated heterocycles. The van der Waals surface area contributed by atoms with Crippen molar-refractivity contribution in [2.75, 3.05) is 19.6 Å². The summed E-state index contributed by atoms with van der Waals surface area (Å²) in [5.74, 6) is 0.979. The van der Waals surface area contributed by atoms with Crippen molar-refractivity contribution >= 4 is 33.1 Å². The number of piperidine rings is 1. The van der Waals surface area contributed by atoms with Crippen LogP contribution in [0.15, 0.2) is 53.3 Å². The lowest BCUT2D eigenvalue weighted by Gasteiger charge is -2.40. The Morgan fingerprint density at radius 3 is 2.61 bits per heavy atom. The fourth-order valence-corrected chi connectivity index (χ4v) is 7.06. The minimum absolute atomic E-state index is 0. The molecule has 1 aliphatic heterocycles. The molecule has 1 fully saturated rings. The van der Waals surface area contributed by atoms with Gasteiger partial charge in [-0.2, -0.15) is 0 Å². The van der Waals surface area contributed by atoms with Crippen molar-refractivity contribution < 1.29 is 0 Å². The first-order valence-corrected chi connectivity index (χ1v) is 11.6. The van der Waals surface area contributed by atoms with Crippen molar-refractivity contribution in [2.45, 2.75) is 43.3 Å². The largest absolute Gasteiger partial charge is 0.455 e. The number of fused-ring (bicyclic) bond motifs is 3. The predicted molar refractivity (Wildman–Crippen MR) is 121 cm³/mol. The second-order valence-electron chi connectivity index (χ2n) is 8.14. The number of halogens is 1. The average Bonchev–Trinajstić information content (AvgIpc) is 3.22. The molecule has 1 spiro atoms. The predicted octanol–water partition coefficient (Wildman–Crippen LogP) is 5.07. The van der Waals surface area contributed by atoms with Gasteiger partial charge in [0.25, 0.3) is 0 Å². The highest BCUT2D eigenvalue weighted by molar-refractivity contribution is 7.34. The first-order valence-electron chi connectivity index (χ1n) is 10.2. The van der Waals surface area contributed by atoms with Crippen LogP contribution in [-0.4, -0.2) is 29.5 Å². The molecule has 5 rings (SSSR count). The van der Waals surface area contributed by atoms with Crippen LogP contribution in [0.3, 0.4) is 0 Å². The number of nitrogens with zero attached hydrogens (tertiary/aromatic N) is 1. The van der Waals surface area contributed by atoms with Crippen LogP contribution in [0.5, 0.6) is 0 Å². The normalized spacial score (nSPS) is 18.9. The fraction of sp³-hybridized carbons (Fsp3) is 0.435. The lowest BCUT2D eigenvalue weighted by atomic mass is 9.74. The van der Waals surface area contributed by atoms with Gasteiger partial charge in [-0.25, -0.2) is 4.79 Å². The van der Waals surface area contributed by atoms with Crippen molar-refractivity contribution in [3.8, 4) is 0 Å². The van der Waals surface area contributed by atoms with Crippen LogP contribution >= 0.6 is 22.9 Å². The standard InChI is InChI=1S/C23H26N2OS.ClH/c26-22-24-20-8-3-4-9-21(20)27(22)17-5-14-25-15-12-23(13-16-25)11-10-18-6-1-2-7-19(18)23;/h1-4,6-9H,5,10-17H2;1H/p+1. The summed E-state index contributed by atoms with van der Waals surface area (Å²) in [7, 11) is -0.266. The van der Waals surface area contributed by atoms with Gasteiger partial charge in [0.2, 0.25) is 4.70 Å². The van der Waals surface area contributed by atoms with Crippen LogP contribution in [-0.2, 0) is 17.6 Å². The lowest BCUT2D eigenvalue weighted by molar-refractivity contribution is 0.158. The highest BCUT2D eigenvalue weighted by atomic mass is 35.5. The molecule has 1 aliphatic carbocycles. The van der Waals surface area contributed by atoms with Crippen LogP contribution in [0.1, 0.15) is 36.8 Å². The second-order valence-corrected chi connectivity index (χ2v) is 10.1. The number of aromatic amines is 1. The number of nitrogens with one attached hydrogen (secondary N) is 1. The molecule has 0 bridgehead atoms. The van der Waals surface area contributed by atoms with E-state index < -0.39 is 0 Å². The topological polar surface area (TPSA) is 36.1 Å². The van der Waals surface area contributed by atoms with Crippen LogP contribution in [0, 0.1) is 0 Å². The summed E-state index contributed by atoms with van der Waals surface area (Å²) in [4.78, 5) is 18.2. The summed E-state index contributed by atoms with van der Waals surface area (Å²) in [6.45, 7) is 3.52. The molecular formula is C23H28ClN2OS+. The molecule has 0 saturated carbocycles. The Morgan fingerprint density at radius 1 is 1.00 bits per heavy atom. The lowest BCUT2D eigenvalue weighted by Crippen LogP contribution is -2.41.